The van der Waals surface area contributed by atoms with Gasteiger partial charge in [0.15, 0.2) is 5.82 Å². The lowest BCUT2D eigenvalue weighted by atomic mass is 10.2. The largest absolute Gasteiger partial charge is 0.397 e. The van der Waals surface area contributed by atoms with Gasteiger partial charge in [-0.2, -0.15) is 0 Å². The van der Waals surface area contributed by atoms with Crippen molar-refractivity contribution in [3.8, 4) is 0 Å². The van der Waals surface area contributed by atoms with Gasteiger partial charge in [0.2, 0.25) is 0 Å². The molecule has 0 atom stereocenters. The Balaban J connectivity index is 2.31. The number of aromatic nitrogens is 1. The molecule has 0 saturated carbocycles. The summed E-state index contributed by atoms with van der Waals surface area (Å²) in [5.41, 5.74) is 6.60. The van der Waals surface area contributed by atoms with Crippen LogP contribution in [0.2, 0.25) is 5.02 Å². The molecule has 4 nitrogen and oxygen atoms in total. The van der Waals surface area contributed by atoms with Gasteiger partial charge in [-0.15, -0.1) is 0 Å². The average molecular weight is 296 g/mol. The Hall–Kier alpha value is -2.01. The second kappa shape index (κ2) is 5.54. The van der Waals surface area contributed by atoms with E-state index in [1.54, 1.807) is 22.9 Å². The number of nitrogen functional groups attached to an aromatic ring is 1. The molecule has 20 heavy (non-hydrogen) atoms. The van der Waals surface area contributed by atoms with Crippen molar-refractivity contribution >= 4 is 28.9 Å². The number of rotatable bonds is 3. The van der Waals surface area contributed by atoms with Gasteiger partial charge in [-0.3, -0.25) is 4.79 Å². The van der Waals surface area contributed by atoms with Crippen molar-refractivity contribution in [1.82, 2.24) is 4.57 Å². The molecular formula is C14H15ClFN3O. The molecule has 1 aromatic heterocycles. The third-order valence-corrected chi connectivity index (χ3v) is 3.15. The summed E-state index contributed by atoms with van der Waals surface area (Å²) < 4.78 is 15.5. The predicted octanol–water partition coefficient (Wildman–Crippen LogP) is 3.70. The zero-order valence-electron chi connectivity index (χ0n) is 11.2. The van der Waals surface area contributed by atoms with Gasteiger partial charge in [0.25, 0.3) is 5.91 Å². The maximum Gasteiger partial charge on any atom is 0.272 e. The van der Waals surface area contributed by atoms with Crippen LogP contribution in [0.15, 0.2) is 30.5 Å². The van der Waals surface area contributed by atoms with E-state index < -0.39 is 11.7 Å². The molecule has 2 rings (SSSR count). The Kier molecular flexibility index (Phi) is 3.99. The molecule has 1 aromatic carbocycles. The Bertz CT molecular complexity index is 652. The SMILES string of the molecule is CC(C)n1cc(N)cc1C(=O)Nc1cccc(Cl)c1F. The minimum atomic E-state index is -0.654. The van der Waals surface area contributed by atoms with E-state index in [2.05, 4.69) is 5.32 Å². The first-order chi connectivity index (χ1) is 9.40. The number of nitrogens with two attached hydrogens (primary N) is 1. The number of benzene rings is 1. The molecule has 6 heteroatoms. The highest BCUT2D eigenvalue weighted by Gasteiger charge is 2.17. The monoisotopic (exact) mass is 295 g/mol. The van der Waals surface area contributed by atoms with Crippen LogP contribution >= 0.6 is 11.6 Å². The summed E-state index contributed by atoms with van der Waals surface area (Å²) in [6.45, 7) is 3.85. The van der Waals surface area contributed by atoms with Crippen LogP contribution in [0.25, 0.3) is 0 Å². The fourth-order valence-electron chi connectivity index (χ4n) is 1.90. The van der Waals surface area contributed by atoms with Crippen LogP contribution < -0.4 is 11.1 Å². The second-order valence-electron chi connectivity index (χ2n) is 4.72. The Morgan fingerprint density at radius 1 is 1.45 bits per heavy atom. The number of hydrogen-bond donors (Lipinski definition) is 2. The first-order valence-corrected chi connectivity index (χ1v) is 6.50. The summed E-state index contributed by atoms with van der Waals surface area (Å²) in [6, 6.07) is 6.05. The van der Waals surface area contributed by atoms with Gasteiger partial charge in [-0.1, -0.05) is 17.7 Å². The van der Waals surface area contributed by atoms with Gasteiger partial charge in [-0.25, -0.2) is 4.39 Å². The minimum Gasteiger partial charge on any atom is -0.397 e. The lowest BCUT2D eigenvalue weighted by Gasteiger charge is -2.13. The number of amides is 1. The van der Waals surface area contributed by atoms with Crippen LogP contribution in [0, 0.1) is 5.82 Å². The van der Waals surface area contributed by atoms with Gasteiger partial charge in [0, 0.05) is 12.2 Å². The molecule has 1 amide bonds. The first kappa shape index (κ1) is 14.4. The molecule has 0 unspecified atom stereocenters. The summed E-state index contributed by atoms with van der Waals surface area (Å²) in [4.78, 5) is 12.2. The van der Waals surface area contributed by atoms with E-state index in [9.17, 15) is 9.18 Å². The maximum absolute atomic E-state index is 13.8. The Morgan fingerprint density at radius 2 is 2.15 bits per heavy atom. The van der Waals surface area contributed by atoms with Crippen LogP contribution in [0.1, 0.15) is 30.4 Å². The number of nitrogens with one attached hydrogen (secondary N) is 1. The van der Waals surface area contributed by atoms with Crippen molar-refractivity contribution in [2.24, 2.45) is 0 Å². The van der Waals surface area contributed by atoms with E-state index in [-0.39, 0.29) is 16.8 Å². The van der Waals surface area contributed by atoms with Gasteiger partial charge < -0.3 is 15.6 Å². The quantitative estimate of drug-likeness (QED) is 0.907. The molecule has 2 aromatic rings. The van der Waals surface area contributed by atoms with Crippen LogP contribution in [0.4, 0.5) is 15.8 Å². The minimum absolute atomic E-state index is 0.0394. The van der Waals surface area contributed by atoms with E-state index in [1.165, 1.54) is 12.1 Å². The molecular weight excluding hydrogens is 281 g/mol. The van der Waals surface area contributed by atoms with Crippen molar-refractivity contribution in [1.29, 1.82) is 0 Å². The fourth-order valence-corrected chi connectivity index (χ4v) is 2.07. The van der Waals surface area contributed by atoms with Crippen LogP contribution in [-0.4, -0.2) is 10.5 Å². The average Bonchev–Trinajstić information content (AvgIpc) is 2.77. The van der Waals surface area contributed by atoms with Gasteiger partial charge in [-0.05, 0) is 32.0 Å². The number of anilines is 2. The van der Waals surface area contributed by atoms with Crippen molar-refractivity contribution in [2.45, 2.75) is 19.9 Å². The van der Waals surface area contributed by atoms with Crippen molar-refractivity contribution in [2.75, 3.05) is 11.1 Å². The van der Waals surface area contributed by atoms with Gasteiger partial charge in [0.05, 0.1) is 16.4 Å². The maximum atomic E-state index is 13.8. The van der Waals surface area contributed by atoms with Crippen molar-refractivity contribution in [3.63, 3.8) is 0 Å². The third-order valence-electron chi connectivity index (χ3n) is 2.86. The number of nitrogens with zero attached hydrogens (tertiary/aromatic N) is 1. The molecule has 0 radical (unpaired) electrons. The van der Waals surface area contributed by atoms with Crippen molar-refractivity contribution < 1.29 is 9.18 Å². The summed E-state index contributed by atoms with van der Waals surface area (Å²) >= 11 is 5.68. The van der Waals surface area contributed by atoms with E-state index in [4.69, 9.17) is 17.3 Å². The van der Waals surface area contributed by atoms with Crippen LogP contribution in [0.5, 0.6) is 0 Å². The molecule has 0 aliphatic rings. The molecule has 106 valence electrons. The standard InChI is InChI=1S/C14H15ClFN3O/c1-8(2)19-7-9(17)6-12(19)14(20)18-11-5-3-4-10(15)13(11)16/h3-8H,17H2,1-2H3,(H,18,20). The van der Waals surface area contributed by atoms with E-state index in [0.717, 1.165) is 0 Å². The fraction of sp³-hybridized carbons (Fsp3) is 0.214. The van der Waals surface area contributed by atoms with E-state index in [0.29, 0.717) is 11.4 Å². The van der Waals surface area contributed by atoms with E-state index >= 15 is 0 Å². The normalized spacial score (nSPS) is 10.8. The lowest BCUT2D eigenvalue weighted by Crippen LogP contribution is -2.18. The first-order valence-electron chi connectivity index (χ1n) is 6.13. The highest BCUT2D eigenvalue weighted by molar-refractivity contribution is 6.31. The molecule has 0 aliphatic heterocycles. The summed E-state index contributed by atoms with van der Waals surface area (Å²) in [5, 5.41) is 2.46. The molecule has 3 N–H and O–H groups in total. The lowest BCUT2D eigenvalue weighted by molar-refractivity contribution is 0.101. The second-order valence-corrected chi connectivity index (χ2v) is 5.12. The Morgan fingerprint density at radius 3 is 2.80 bits per heavy atom. The molecule has 0 fully saturated rings. The summed E-state index contributed by atoms with van der Waals surface area (Å²) in [6.07, 6.45) is 1.67. The predicted molar refractivity (Wildman–Crippen MR) is 78.6 cm³/mol. The smallest absolute Gasteiger partial charge is 0.272 e. The topological polar surface area (TPSA) is 60.0 Å². The zero-order valence-corrected chi connectivity index (χ0v) is 11.9. The summed E-state index contributed by atoms with van der Waals surface area (Å²) in [5.74, 6) is -1.09. The number of halogens is 2. The van der Waals surface area contributed by atoms with Gasteiger partial charge in [0.1, 0.15) is 5.69 Å². The highest BCUT2D eigenvalue weighted by Crippen LogP contribution is 2.23. The van der Waals surface area contributed by atoms with Gasteiger partial charge >= 0.3 is 0 Å². The highest BCUT2D eigenvalue weighted by atomic mass is 35.5. The molecule has 0 spiro atoms. The Labute approximate surface area is 121 Å². The number of carbonyl (C=O) groups is 1. The van der Waals surface area contributed by atoms with Crippen LogP contribution in [-0.2, 0) is 0 Å². The number of hydrogen-bond acceptors (Lipinski definition) is 2. The summed E-state index contributed by atoms with van der Waals surface area (Å²) in [7, 11) is 0. The van der Waals surface area contributed by atoms with Crippen LogP contribution in [0.3, 0.4) is 0 Å². The zero-order chi connectivity index (χ0) is 14.9. The molecule has 0 saturated heterocycles. The molecule has 0 bridgehead atoms. The number of carbonyl (C=O) groups excluding carboxylic acids is 1. The van der Waals surface area contributed by atoms with Crippen molar-refractivity contribution in [3.05, 3.63) is 47.0 Å². The third kappa shape index (κ3) is 2.77. The molecule has 0 aliphatic carbocycles. The van der Waals surface area contributed by atoms with E-state index in [1.807, 2.05) is 13.8 Å². The molecule has 1 heterocycles.